The van der Waals surface area contributed by atoms with Crippen LogP contribution in [-0.4, -0.2) is 38.6 Å². The van der Waals surface area contributed by atoms with Crippen molar-refractivity contribution in [3.05, 3.63) is 83.3 Å². The minimum atomic E-state index is -0.307. The molecule has 0 unspecified atom stereocenters. The van der Waals surface area contributed by atoms with E-state index in [0.29, 0.717) is 39.3 Å². The van der Waals surface area contributed by atoms with Crippen molar-refractivity contribution < 1.29 is 9.59 Å². The van der Waals surface area contributed by atoms with E-state index in [2.05, 4.69) is 25.7 Å². The zero-order chi connectivity index (χ0) is 24.7. The van der Waals surface area contributed by atoms with Crippen LogP contribution in [0, 0.1) is 6.92 Å². The van der Waals surface area contributed by atoms with Crippen LogP contribution in [0.15, 0.2) is 55.3 Å². The fraction of sp³-hybridized carbons (Fsp3) is 0.208. The molecule has 0 saturated heterocycles. The summed E-state index contributed by atoms with van der Waals surface area (Å²) in [6, 6.07) is 5.11. The number of hydrogen-bond donors (Lipinski definition) is 4. The Morgan fingerprint density at radius 3 is 2.65 bits per heavy atom. The van der Waals surface area contributed by atoms with E-state index in [4.69, 9.17) is 11.5 Å². The third-order valence-electron chi connectivity index (χ3n) is 5.05. The average molecular weight is 461 g/mol. The van der Waals surface area contributed by atoms with Gasteiger partial charge in [0.25, 0.3) is 11.8 Å². The van der Waals surface area contributed by atoms with Crippen LogP contribution in [0.4, 0.5) is 5.69 Å². The van der Waals surface area contributed by atoms with Crippen molar-refractivity contribution in [1.82, 2.24) is 25.1 Å². The first kappa shape index (κ1) is 24.2. The Morgan fingerprint density at radius 2 is 1.94 bits per heavy atom. The van der Waals surface area contributed by atoms with Crippen LogP contribution in [0.1, 0.15) is 51.0 Å². The van der Waals surface area contributed by atoms with Crippen molar-refractivity contribution in [2.45, 2.75) is 26.8 Å². The number of anilines is 1. The van der Waals surface area contributed by atoms with Gasteiger partial charge in [-0.1, -0.05) is 6.92 Å². The summed E-state index contributed by atoms with van der Waals surface area (Å²) < 4.78 is 1.73. The molecule has 3 rings (SSSR count). The molecule has 0 aliphatic heterocycles. The van der Waals surface area contributed by atoms with Gasteiger partial charge < -0.3 is 22.1 Å². The van der Waals surface area contributed by atoms with E-state index >= 15 is 0 Å². The van der Waals surface area contributed by atoms with E-state index in [9.17, 15) is 9.59 Å². The molecule has 10 nitrogen and oxygen atoms in total. The SMILES string of the molecule is CCCn1cc(C(=O)Nc2cnc(C)c(/C(N)=C/C(=C\N)c3ccnc(C(=O)NC)c3)c2)cn1. The van der Waals surface area contributed by atoms with Crippen molar-refractivity contribution in [1.29, 1.82) is 0 Å². The third kappa shape index (κ3) is 5.66. The van der Waals surface area contributed by atoms with E-state index in [1.807, 2.05) is 13.8 Å². The number of hydrogen-bond acceptors (Lipinski definition) is 7. The summed E-state index contributed by atoms with van der Waals surface area (Å²) in [6.45, 7) is 4.60. The lowest BCUT2D eigenvalue weighted by atomic mass is 10.0. The molecule has 10 heteroatoms. The predicted octanol–water partition coefficient (Wildman–Crippen LogP) is 2.30. The lowest BCUT2D eigenvalue weighted by Crippen LogP contribution is -2.19. The van der Waals surface area contributed by atoms with Crippen molar-refractivity contribution in [2.75, 3.05) is 12.4 Å². The van der Waals surface area contributed by atoms with E-state index < -0.39 is 0 Å². The summed E-state index contributed by atoms with van der Waals surface area (Å²) in [5.74, 6) is -0.596. The maximum absolute atomic E-state index is 12.6. The van der Waals surface area contributed by atoms with Gasteiger partial charge in [-0.15, -0.1) is 0 Å². The second-order valence-corrected chi connectivity index (χ2v) is 7.53. The topological polar surface area (TPSA) is 154 Å². The minimum Gasteiger partial charge on any atom is -0.404 e. The number of aryl methyl sites for hydroxylation is 2. The lowest BCUT2D eigenvalue weighted by Gasteiger charge is -2.11. The Labute approximate surface area is 197 Å². The smallest absolute Gasteiger partial charge is 0.269 e. The molecule has 3 aromatic heterocycles. The molecule has 0 bridgehead atoms. The predicted molar refractivity (Wildman–Crippen MR) is 131 cm³/mol. The highest BCUT2D eigenvalue weighted by atomic mass is 16.2. The summed E-state index contributed by atoms with van der Waals surface area (Å²) in [5, 5.41) is 9.56. The molecule has 2 amide bonds. The van der Waals surface area contributed by atoms with Gasteiger partial charge in [0, 0.05) is 49.1 Å². The van der Waals surface area contributed by atoms with Crippen molar-refractivity contribution >= 4 is 28.8 Å². The molecule has 3 heterocycles. The van der Waals surface area contributed by atoms with Crippen LogP contribution in [0.5, 0.6) is 0 Å². The van der Waals surface area contributed by atoms with Gasteiger partial charge in [-0.2, -0.15) is 5.10 Å². The molecule has 0 atom stereocenters. The molecule has 0 spiro atoms. The van der Waals surface area contributed by atoms with Gasteiger partial charge in [0.15, 0.2) is 0 Å². The summed E-state index contributed by atoms with van der Waals surface area (Å²) in [7, 11) is 1.53. The number of carbonyl (C=O) groups excluding carboxylic acids is 2. The van der Waals surface area contributed by atoms with E-state index in [0.717, 1.165) is 13.0 Å². The fourth-order valence-electron chi connectivity index (χ4n) is 3.26. The van der Waals surface area contributed by atoms with Crippen LogP contribution in [0.25, 0.3) is 11.3 Å². The molecular formula is C24H28N8O2. The number of nitrogens with two attached hydrogens (primary N) is 2. The molecule has 0 aliphatic rings. The van der Waals surface area contributed by atoms with E-state index in [1.165, 1.54) is 25.6 Å². The second kappa shape index (κ2) is 10.9. The molecule has 6 N–H and O–H groups in total. The maximum atomic E-state index is 12.6. The fourth-order valence-corrected chi connectivity index (χ4v) is 3.26. The van der Waals surface area contributed by atoms with Gasteiger partial charge in [-0.3, -0.25) is 24.2 Å². The first-order valence-electron chi connectivity index (χ1n) is 10.7. The second-order valence-electron chi connectivity index (χ2n) is 7.53. The van der Waals surface area contributed by atoms with Crippen molar-refractivity contribution in [3.8, 4) is 0 Å². The Hall–Kier alpha value is -4.47. The van der Waals surface area contributed by atoms with Crippen LogP contribution >= 0.6 is 0 Å². The Bertz CT molecular complexity index is 1260. The van der Waals surface area contributed by atoms with Gasteiger partial charge in [-0.05, 0) is 48.8 Å². The van der Waals surface area contributed by atoms with Gasteiger partial charge in [0.1, 0.15) is 5.69 Å². The van der Waals surface area contributed by atoms with E-state index in [1.54, 1.807) is 41.4 Å². The number of nitrogens with zero attached hydrogens (tertiary/aromatic N) is 4. The van der Waals surface area contributed by atoms with Gasteiger partial charge >= 0.3 is 0 Å². The van der Waals surface area contributed by atoms with Gasteiger partial charge in [0.2, 0.25) is 0 Å². The molecule has 0 radical (unpaired) electrons. The highest BCUT2D eigenvalue weighted by Crippen LogP contribution is 2.23. The van der Waals surface area contributed by atoms with Crippen LogP contribution in [-0.2, 0) is 6.54 Å². The normalized spacial score (nSPS) is 11.9. The minimum absolute atomic E-state index is 0.260. The van der Waals surface area contributed by atoms with Crippen molar-refractivity contribution in [3.63, 3.8) is 0 Å². The third-order valence-corrected chi connectivity index (χ3v) is 5.05. The Kier molecular flexibility index (Phi) is 7.75. The molecule has 176 valence electrons. The lowest BCUT2D eigenvalue weighted by molar-refractivity contribution is 0.0957. The zero-order valence-corrected chi connectivity index (χ0v) is 19.4. The summed E-state index contributed by atoms with van der Waals surface area (Å²) >= 11 is 0. The molecule has 0 aliphatic carbocycles. The number of pyridine rings is 2. The molecule has 0 saturated carbocycles. The van der Waals surface area contributed by atoms with Crippen LogP contribution in [0.3, 0.4) is 0 Å². The molecule has 0 fully saturated rings. The van der Waals surface area contributed by atoms with Gasteiger partial charge in [0.05, 0.1) is 23.6 Å². The molecular weight excluding hydrogens is 432 g/mol. The number of carbonyl (C=O) groups is 2. The van der Waals surface area contributed by atoms with Gasteiger partial charge in [-0.25, -0.2) is 0 Å². The monoisotopic (exact) mass is 460 g/mol. The van der Waals surface area contributed by atoms with Crippen molar-refractivity contribution in [2.24, 2.45) is 11.5 Å². The zero-order valence-electron chi connectivity index (χ0n) is 19.4. The van der Waals surface area contributed by atoms with Crippen LogP contribution < -0.4 is 22.1 Å². The van der Waals surface area contributed by atoms with Crippen LogP contribution in [0.2, 0.25) is 0 Å². The van der Waals surface area contributed by atoms with E-state index in [-0.39, 0.29) is 17.5 Å². The molecule has 0 aromatic carbocycles. The number of amides is 2. The highest BCUT2D eigenvalue weighted by Gasteiger charge is 2.13. The average Bonchev–Trinajstić information content (AvgIpc) is 3.32. The molecule has 3 aromatic rings. The summed E-state index contributed by atoms with van der Waals surface area (Å²) in [6.07, 6.45) is 10.3. The number of aromatic nitrogens is 4. The first-order valence-corrected chi connectivity index (χ1v) is 10.7. The number of rotatable bonds is 8. The maximum Gasteiger partial charge on any atom is 0.269 e. The largest absolute Gasteiger partial charge is 0.404 e. The summed E-state index contributed by atoms with van der Waals surface area (Å²) in [4.78, 5) is 33.0. The number of nitrogens with one attached hydrogen (secondary N) is 2. The summed E-state index contributed by atoms with van der Waals surface area (Å²) in [5.41, 5.74) is 16.4. The quantitative estimate of drug-likeness (QED) is 0.376. The Morgan fingerprint density at radius 1 is 1.15 bits per heavy atom. The number of allylic oxidation sites excluding steroid dienone is 2. The first-order chi connectivity index (χ1) is 16.4. The Balaban J connectivity index is 1.85. The molecule has 34 heavy (non-hydrogen) atoms. The standard InChI is InChI=1S/C24H28N8O2/c1-4-7-32-14-18(12-30-32)23(33)31-19-10-20(15(2)29-13-19)21(26)8-17(11-25)16-5-6-28-22(9-16)24(34)27-3/h5-6,8-14H,4,7,25-26H2,1-3H3,(H,27,34)(H,31,33)/b17-11+,21-8-. The highest BCUT2D eigenvalue weighted by molar-refractivity contribution is 6.04.